The second-order valence-electron chi connectivity index (χ2n) is 5.27. The number of carbonyl (C=O) groups is 1. The molecule has 0 aromatic heterocycles. The van der Waals surface area contributed by atoms with Crippen LogP contribution in [0.3, 0.4) is 0 Å². The summed E-state index contributed by atoms with van der Waals surface area (Å²) >= 11 is 3.33. The first kappa shape index (κ1) is 12.0. The normalized spacial score (nSPS) is 21.6. The minimum atomic E-state index is -0.642. The molecule has 0 unspecified atom stereocenters. The van der Waals surface area contributed by atoms with Gasteiger partial charge in [-0.05, 0) is 37.0 Å². The summed E-state index contributed by atoms with van der Waals surface area (Å²) in [6.45, 7) is 0.866. The lowest BCUT2D eigenvalue weighted by atomic mass is 9.88. The second-order valence-corrected chi connectivity index (χ2v) is 6.19. The van der Waals surface area contributed by atoms with E-state index in [1.54, 1.807) is 17.0 Å². The molecule has 0 spiro atoms. The van der Waals surface area contributed by atoms with Gasteiger partial charge in [0.25, 0.3) is 5.91 Å². The Morgan fingerprint density at radius 1 is 1.44 bits per heavy atom. The molecule has 1 saturated carbocycles. The number of anilines is 1. The zero-order chi connectivity index (χ0) is 12.9. The molecule has 18 heavy (non-hydrogen) atoms. The van der Waals surface area contributed by atoms with E-state index in [-0.39, 0.29) is 5.91 Å². The van der Waals surface area contributed by atoms with Crippen LogP contribution in [0.4, 0.5) is 5.69 Å². The summed E-state index contributed by atoms with van der Waals surface area (Å²) in [5, 5.41) is 10.2. The van der Waals surface area contributed by atoms with Crippen LogP contribution in [0.5, 0.6) is 0 Å². The van der Waals surface area contributed by atoms with Crippen LogP contribution in [0.25, 0.3) is 0 Å². The maximum atomic E-state index is 12.2. The number of nitrogens with two attached hydrogens (primary N) is 1. The van der Waals surface area contributed by atoms with Crippen molar-refractivity contribution >= 4 is 27.5 Å². The van der Waals surface area contributed by atoms with E-state index in [2.05, 4.69) is 15.9 Å². The molecule has 4 nitrogen and oxygen atoms in total. The zero-order valence-electron chi connectivity index (χ0n) is 9.90. The van der Waals surface area contributed by atoms with Crippen molar-refractivity contribution in [2.45, 2.75) is 18.4 Å². The van der Waals surface area contributed by atoms with E-state index in [1.165, 1.54) is 0 Å². The maximum absolute atomic E-state index is 12.2. The summed E-state index contributed by atoms with van der Waals surface area (Å²) in [6.07, 6.45) is 2.16. The van der Waals surface area contributed by atoms with Crippen LogP contribution in [0.2, 0.25) is 0 Å². The van der Waals surface area contributed by atoms with E-state index in [9.17, 15) is 9.90 Å². The van der Waals surface area contributed by atoms with Crippen LogP contribution in [0.15, 0.2) is 22.7 Å². The number of rotatable bonds is 2. The Morgan fingerprint density at radius 3 is 2.72 bits per heavy atom. The summed E-state index contributed by atoms with van der Waals surface area (Å²) in [5.41, 5.74) is 6.15. The molecule has 96 valence electrons. The predicted octanol–water partition coefficient (Wildman–Crippen LogP) is 1.63. The van der Waals surface area contributed by atoms with Crippen molar-refractivity contribution in [2.24, 2.45) is 5.92 Å². The molecule has 0 atom stereocenters. The summed E-state index contributed by atoms with van der Waals surface area (Å²) in [5.74, 6) is 0.292. The van der Waals surface area contributed by atoms with Crippen LogP contribution in [-0.4, -0.2) is 34.6 Å². The first-order valence-electron chi connectivity index (χ1n) is 6.06. The highest BCUT2D eigenvalue weighted by atomic mass is 79.9. The topological polar surface area (TPSA) is 66.6 Å². The van der Waals surface area contributed by atoms with Gasteiger partial charge >= 0.3 is 0 Å². The van der Waals surface area contributed by atoms with Gasteiger partial charge in [0.15, 0.2) is 0 Å². The molecular weight excluding hydrogens is 296 g/mol. The van der Waals surface area contributed by atoms with Gasteiger partial charge in [0.2, 0.25) is 0 Å². The lowest BCUT2D eigenvalue weighted by Crippen LogP contribution is -2.64. The number of hydrogen-bond acceptors (Lipinski definition) is 3. The van der Waals surface area contributed by atoms with Crippen LogP contribution in [0.1, 0.15) is 23.2 Å². The number of amides is 1. The minimum Gasteiger partial charge on any atom is -0.398 e. The molecule has 1 aliphatic heterocycles. The number of aliphatic hydroxyl groups is 1. The Bertz CT molecular complexity index is 508. The van der Waals surface area contributed by atoms with Gasteiger partial charge in [-0.25, -0.2) is 0 Å². The van der Waals surface area contributed by atoms with Gasteiger partial charge in [-0.15, -0.1) is 0 Å². The summed E-state index contributed by atoms with van der Waals surface area (Å²) in [6, 6.07) is 5.25. The third kappa shape index (κ3) is 1.91. The number of hydrogen-bond donors (Lipinski definition) is 2. The highest BCUT2D eigenvalue weighted by Crippen LogP contribution is 2.44. The molecule has 5 heteroatoms. The van der Waals surface area contributed by atoms with Crippen molar-refractivity contribution in [3.05, 3.63) is 28.2 Å². The molecule has 1 aliphatic carbocycles. The largest absolute Gasteiger partial charge is 0.398 e. The van der Waals surface area contributed by atoms with E-state index < -0.39 is 5.60 Å². The van der Waals surface area contributed by atoms with Crippen molar-refractivity contribution in [1.82, 2.24) is 4.90 Å². The second kappa shape index (κ2) is 3.96. The van der Waals surface area contributed by atoms with Crippen molar-refractivity contribution < 1.29 is 9.90 Å². The van der Waals surface area contributed by atoms with E-state index in [1.807, 2.05) is 6.07 Å². The van der Waals surface area contributed by atoms with E-state index in [0.717, 1.165) is 17.3 Å². The summed E-state index contributed by atoms with van der Waals surface area (Å²) in [4.78, 5) is 13.9. The molecular formula is C13H15BrN2O2. The van der Waals surface area contributed by atoms with E-state index in [4.69, 9.17) is 5.73 Å². The Balaban J connectivity index is 1.74. The Labute approximate surface area is 114 Å². The molecule has 1 aromatic carbocycles. The molecule has 2 fully saturated rings. The van der Waals surface area contributed by atoms with Crippen LogP contribution in [0, 0.1) is 5.92 Å². The van der Waals surface area contributed by atoms with Gasteiger partial charge in [0.1, 0.15) is 5.60 Å². The number of nitrogens with zero attached hydrogens (tertiary/aromatic N) is 1. The van der Waals surface area contributed by atoms with Crippen LogP contribution < -0.4 is 5.73 Å². The molecule has 2 aliphatic rings. The quantitative estimate of drug-likeness (QED) is 0.816. The number of halogens is 1. The lowest BCUT2D eigenvalue weighted by molar-refractivity contribution is -0.0957. The first-order chi connectivity index (χ1) is 8.49. The fraction of sp³-hybridized carbons (Fsp3) is 0.462. The molecule has 1 aromatic rings. The average Bonchev–Trinajstić information content (AvgIpc) is 3.11. The number of nitrogen functional groups attached to an aromatic ring is 1. The molecule has 1 saturated heterocycles. The lowest BCUT2D eigenvalue weighted by Gasteiger charge is -2.47. The zero-order valence-corrected chi connectivity index (χ0v) is 11.5. The minimum absolute atomic E-state index is 0.0980. The third-order valence-corrected chi connectivity index (χ3v) is 4.29. The van der Waals surface area contributed by atoms with Gasteiger partial charge in [0, 0.05) is 10.2 Å². The van der Waals surface area contributed by atoms with Crippen LogP contribution in [-0.2, 0) is 0 Å². The third-order valence-electron chi connectivity index (χ3n) is 3.80. The molecule has 3 rings (SSSR count). The van der Waals surface area contributed by atoms with Gasteiger partial charge < -0.3 is 15.7 Å². The van der Waals surface area contributed by atoms with Crippen molar-refractivity contribution in [3.8, 4) is 0 Å². The summed E-state index contributed by atoms with van der Waals surface area (Å²) < 4.78 is 0.832. The van der Waals surface area contributed by atoms with Gasteiger partial charge in [-0.3, -0.25) is 4.79 Å². The summed E-state index contributed by atoms with van der Waals surface area (Å²) in [7, 11) is 0. The van der Waals surface area contributed by atoms with E-state index >= 15 is 0 Å². The fourth-order valence-corrected chi connectivity index (χ4v) is 2.88. The SMILES string of the molecule is Nc1ccc(Br)cc1C(=O)N1CC(O)(C2CC2)C1. The van der Waals surface area contributed by atoms with Gasteiger partial charge in [0.05, 0.1) is 18.7 Å². The first-order valence-corrected chi connectivity index (χ1v) is 6.85. The predicted molar refractivity (Wildman–Crippen MR) is 72.1 cm³/mol. The Hall–Kier alpha value is -1.07. The number of carbonyl (C=O) groups excluding carboxylic acids is 1. The molecule has 3 N–H and O–H groups in total. The van der Waals surface area contributed by atoms with Crippen molar-refractivity contribution in [2.75, 3.05) is 18.8 Å². The standard InChI is InChI=1S/C13H15BrN2O2/c14-9-3-4-11(15)10(5-9)12(17)16-6-13(18,7-16)8-1-2-8/h3-5,8,18H,1-2,6-7,15H2. The highest BCUT2D eigenvalue weighted by molar-refractivity contribution is 9.10. The molecule has 0 bridgehead atoms. The van der Waals surface area contributed by atoms with Gasteiger partial charge in [-0.2, -0.15) is 0 Å². The van der Waals surface area contributed by atoms with Crippen molar-refractivity contribution in [3.63, 3.8) is 0 Å². The van der Waals surface area contributed by atoms with Crippen molar-refractivity contribution in [1.29, 1.82) is 0 Å². The number of benzene rings is 1. The monoisotopic (exact) mass is 310 g/mol. The van der Waals surface area contributed by atoms with E-state index in [0.29, 0.717) is 30.3 Å². The Morgan fingerprint density at radius 2 is 2.11 bits per heavy atom. The molecule has 1 amide bonds. The maximum Gasteiger partial charge on any atom is 0.256 e. The smallest absolute Gasteiger partial charge is 0.256 e. The fourth-order valence-electron chi connectivity index (χ4n) is 2.52. The van der Waals surface area contributed by atoms with Crippen LogP contribution >= 0.6 is 15.9 Å². The number of β-amino-alcohol motifs (C(OH)–C–C–N with tert-alkyl or cyclic N) is 1. The Kier molecular flexibility index (Phi) is 2.64. The molecule has 1 heterocycles. The highest BCUT2D eigenvalue weighted by Gasteiger charge is 2.53. The average molecular weight is 311 g/mol. The number of likely N-dealkylation sites (tertiary alicyclic amines) is 1. The molecule has 0 radical (unpaired) electrons. The van der Waals surface area contributed by atoms with Gasteiger partial charge in [-0.1, -0.05) is 15.9 Å².